The van der Waals surface area contributed by atoms with Gasteiger partial charge in [0.25, 0.3) is 11.8 Å². The number of fused-ring (bicyclic) bond motifs is 1. The first-order valence-corrected chi connectivity index (χ1v) is 10.5. The number of carbonyl (C=O) groups is 2. The number of nitrogens with zero attached hydrogens (tertiary/aromatic N) is 2. The second-order valence-electron chi connectivity index (χ2n) is 6.58. The van der Waals surface area contributed by atoms with Crippen molar-refractivity contribution in [3.63, 3.8) is 0 Å². The van der Waals surface area contributed by atoms with E-state index in [1.54, 1.807) is 24.5 Å². The number of rotatable bonds is 4. The zero-order valence-electron chi connectivity index (χ0n) is 15.2. The summed E-state index contributed by atoms with van der Waals surface area (Å²) in [6, 6.07) is 14.8. The molecule has 1 aliphatic heterocycles. The van der Waals surface area contributed by atoms with Crippen LogP contribution < -0.4 is 4.72 Å². The van der Waals surface area contributed by atoms with Crippen molar-refractivity contribution in [2.45, 2.75) is 6.42 Å². The van der Waals surface area contributed by atoms with Crippen LogP contribution in [0.1, 0.15) is 27.1 Å². The predicted molar refractivity (Wildman–Crippen MR) is 114 cm³/mol. The van der Waals surface area contributed by atoms with Crippen LogP contribution in [0.15, 0.2) is 48.5 Å². The molecule has 7 heteroatoms. The van der Waals surface area contributed by atoms with Crippen molar-refractivity contribution >= 4 is 46.3 Å². The zero-order valence-corrected chi connectivity index (χ0v) is 16.8. The molecule has 2 aromatic carbocycles. The molecule has 3 aromatic rings. The van der Waals surface area contributed by atoms with Gasteiger partial charge in [-0.15, -0.1) is 0 Å². The van der Waals surface area contributed by atoms with Crippen LogP contribution in [0, 0.1) is 0 Å². The molecular weight excluding hydrogens is 394 g/mol. The summed E-state index contributed by atoms with van der Waals surface area (Å²) >= 11 is 7.41. The Hall–Kier alpha value is -2.57. The van der Waals surface area contributed by atoms with Crippen molar-refractivity contribution in [3.8, 4) is 11.1 Å². The number of nitrogens with one attached hydrogen (secondary N) is 1. The van der Waals surface area contributed by atoms with Crippen molar-refractivity contribution in [3.05, 3.63) is 64.8 Å². The van der Waals surface area contributed by atoms with Gasteiger partial charge in [0.15, 0.2) is 0 Å². The maximum atomic E-state index is 12.8. The Balaban J connectivity index is 1.73. The molecule has 1 aromatic heterocycles. The van der Waals surface area contributed by atoms with E-state index in [0.717, 1.165) is 36.0 Å². The van der Waals surface area contributed by atoms with Gasteiger partial charge >= 0.3 is 0 Å². The highest BCUT2D eigenvalue weighted by Gasteiger charge is 2.24. The fourth-order valence-electron chi connectivity index (χ4n) is 3.21. The van der Waals surface area contributed by atoms with Crippen LogP contribution in [0.3, 0.4) is 0 Å². The van der Waals surface area contributed by atoms with Gasteiger partial charge in [-0.2, -0.15) is 0 Å². The summed E-state index contributed by atoms with van der Waals surface area (Å²) in [5, 5.41) is 1.09. The standard InChI is InChI=1S/C21H18ClN3O2S/c1-28-24-20(26)14-5-3-13(4-6-14)15-7-8-18-16(11-15)17(12-19(22)23-18)21(27)25-9-2-10-25/h3-8,11-12H,2,9-10H2,1H3,(H,24,26). The molecule has 1 fully saturated rings. The molecule has 142 valence electrons. The lowest BCUT2D eigenvalue weighted by atomic mass is 9.99. The number of carbonyl (C=O) groups excluding carboxylic acids is 2. The normalized spacial score (nSPS) is 13.3. The average Bonchev–Trinajstić information content (AvgIpc) is 2.66. The van der Waals surface area contributed by atoms with Gasteiger partial charge in [0.05, 0.1) is 11.1 Å². The van der Waals surface area contributed by atoms with Crippen LogP contribution in [0.25, 0.3) is 22.0 Å². The maximum Gasteiger partial charge on any atom is 0.261 e. The Kier molecular flexibility index (Phi) is 5.24. The third-order valence-electron chi connectivity index (χ3n) is 4.83. The Morgan fingerprint density at radius 2 is 1.79 bits per heavy atom. The molecule has 0 spiro atoms. The SMILES string of the molecule is CSNC(=O)c1ccc(-c2ccc3nc(Cl)cc(C(=O)N4CCC4)c3c2)cc1. The highest BCUT2D eigenvalue weighted by Crippen LogP contribution is 2.29. The summed E-state index contributed by atoms with van der Waals surface area (Å²) in [7, 11) is 0. The van der Waals surface area contributed by atoms with E-state index in [1.165, 1.54) is 11.9 Å². The number of hydrogen-bond donors (Lipinski definition) is 1. The fourth-order valence-corrected chi connectivity index (χ4v) is 3.71. The smallest absolute Gasteiger partial charge is 0.261 e. The number of hydrogen-bond acceptors (Lipinski definition) is 4. The Bertz CT molecular complexity index is 1070. The summed E-state index contributed by atoms with van der Waals surface area (Å²) in [6.07, 6.45) is 2.84. The van der Waals surface area contributed by atoms with Crippen molar-refractivity contribution in [1.82, 2.24) is 14.6 Å². The molecule has 1 saturated heterocycles. The van der Waals surface area contributed by atoms with Crippen LogP contribution in [0.2, 0.25) is 5.15 Å². The quantitative estimate of drug-likeness (QED) is 0.510. The molecule has 28 heavy (non-hydrogen) atoms. The molecular formula is C21H18ClN3O2S. The maximum absolute atomic E-state index is 12.8. The van der Waals surface area contributed by atoms with Crippen molar-refractivity contribution in [2.75, 3.05) is 19.3 Å². The largest absolute Gasteiger partial charge is 0.338 e. The molecule has 1 N–H and O–H groups in total. The summed E-state index contributed by atoms with van der Waals surface area (Å²) < 4.78 is 2.71. The second kappa shape index (κ2) is 7.81. The Morgan fingerprint density at radius 3 is 2.43 bits per heavy atom. The highest BCUT2D eigenvalue weighted by atomic mass is 35.5. The van der Waals surface area contributed by atoms with E-state index < -0.39 is 0 Å². The van der Waals surface area contributed by atoms with Crippen molar-refractivity contribution in [1.29, 1.82) is 0 Å². The summed E-state index contributed by atoms with van der Waals surface area (Å²) in [5.74, 6) is -0.138. The molecule has 0 aliphatic carbocycles. The van der Waals surface area contributed by atoms with Crippen LogP contribution in [0.4, 0.5) is 0 Å². The zero-order chi connectivity index (χ0) is 19.7. The average molecular weight is 412 g/mol. The van der Waals surface area contributed by atoms with Gasteiger partial charge in [-0.3, -0.25) is 14.3 Å². The minimum absolute atomic E-state index is 0.0122. The van der Waals surface area contributed by atoms with Gasteiger partial charge in [-0.25, -0.2) is 4.98 Å². The van der Waals surface area contributed by atoms with E-state index in [9.17, 15) is 9.59 Å². The number of aromatic nitrogens is 1. The van der Waals surface area contributed by atoms with E-state index in [0.29, 0.717) is 21.8 Å². The van der Waals surface area contributed by atoms with Gasteiger partial charge in [-0.05, 0) is 47.9 Å². The first-order chi connectivity index (χ1) is 13.6. The van der Waals surface area contributed by atoms with Crippen molar-refractivity contribution < 1.29 is 9.59 Å². The van der Waals surface area contributed by atoms with Crippen molar-refractivity contribution in [2.24, 2.45) is 0 Å². The van der Waals surface area contributed by atoms with E-state index in [-0.39, 0.29) is 11.8 Å². The third kappa shape index (κ3) is 3.57. The second-order valence-corrected chi connectivity index (χ2v) is 7.58. The predicted octanol–water partition coefficient (Wildman–Crippen LogP) is 4.41. The summed E-state index contributed by atoms with van der Waals surface area (Å²) in [5.41, 5.74) is 3.77. The van der Waals surface area contributed by atoms with Crippen LogP contribution in [-0.2, 0) is 0 Å². The molecule has 4 rings (SSSR count). The Morgan fingerprint density at radius 1 is 1.07 bits per heavy atom. The lowest BCUT2D eigenvalue weighted by molar-refractivity contribution is 0.0653. The summed E-state index contributed by atoms with van der Waals surface area (Å²) in [4.78, 5) is 30.9. The molecule has 0 bridgehead atoms. The van der Waals surface area contributed by atoms with Crippen LogP contribution >= 0.6 is 23.5 Å². The first kappa shape index (κ1) is 18.8. The number of amides is 2. The number of benzene rings is 2. The fraction of sp³-hybridized carbons (Fsp3) is 0.190. The van der Waals surface area contributed by atoms with E-state index in [4.69, 9.17) is 11.6 Å². The minimum Gasteiger partial charge on any atom is -0.338 e. The Labute approximate surface area is 172 Å². The third-order valence-corrected chi connectivity index (χ3v) is 5.41. The van der Waals surface area contributed by atoms with E-state index in [1.807, 2.05) is 35.2 Å². The molecule has 0 atom stereocenters. The highest BCUT2D eigenvalue weighted by molar-refractivity contribution is 7.97. The molecule has 2 heterocycles. The number of likely N-dealkylation sites (tertiary alicyclic amines) is 1. The molecule has 0 saturated carbocycles. The van der Waals surface area contributed by atoms with Crippen LogP contribution in [-0.4, -0.2) is 41.0 Å². The minimum atomic E-state index is -0.126. The van der Waals surface area contributed by atoms with Gasteiger partial charge in [-0.1, -0.05) is 41.7 Å². The monoisotopic (exact) mass is 411 g/mol. The summed E-state index contributed by atoms with van der Waals surface area (Å²) in [6.45, 7) is 1.55. The molecule has 2 amide bonds. The first-order valence-electron chi connectivity index (χ1n) is 8.90. The van der Waals surface area contributed by atoms with Gasteiger partial charge < -0.3 is 4.90 Å². The van der Waals surface area contributed by atoms with Gasteiger partial charge in [0.2, 0.25) is 0 Å². The molecule has 0 radical (unpaired) electrons. The lowest BCUT2D eigenvalue weighted by Crippen LogP contribution is -2.42. The van der Waals surface area contributed by atoms with E-state index >= 15 is 0 Å². The number of pyridine rings is 1. The lowest BCUT2D eigenvalue weighted by Gasteiger charge is -2.31. The molecule has 0 unspecified atom stereocenters. The topological polar surface area (TPSA) is 62.3 Å². The molecule has 5 nitrogen and oxygen atoms in total. The molecule has 1 aliphatic rings. The van der Waals surface area contributed by atoms with Gasteiger partial charge in [0.1, 0.15) is 5.15 Å². The van der Waals surface area contributed by atoms with Crippen LogP contribution in [0.5, 0.6) is 0 Å². The van der Waals surface area contributed by atoms with Gasteiger partial charge in [0, 0.05) is 30.3 Å². The number of halogens is 1. The van der Waals surface area contributed by atoms with E-state index in [2.05, 4.69) is 9.71 Å².